The van der Waals surface area contributed by atoms with E-state index in [0.29, 0.717) is 13.1 Å². The van der Waals surface area contributed by atoms with E-state index in [0.717, 1.165) is 19.3 Å². The molecule has 0 saturated heterocycles. The molecule has 0 aromatic heterocycles. The monoisotopic (exact) mass is 250 g/mol. The summed E-state index contributed by atoms with van der Waals surface area (Å²) in [6.07, 6.45) is 5.53. The zero-order valence-corrected chi connectivity index (χ0v) is 10.7. The number of halogens is 1. The smallest absolute Gasteiger partial charge is 0.233 e. The maximum Gasteiger partial charge on any atom is 0.233 e. The number of hydrogen-bond donors (Lipinski definition) is 3. The molecule has 0 bridgehead atoms. The number of nitrogens with one attached hydrogen (secondary N) is 2. The van der Waals surface area contributed by atoms with E-state index in [4.69, 9.17) is 5.11 Å². The van der Waals surface area contributed by atoms with Gasteiger partial charge in [0.2, 0.25) is 5.91 Å². The highest BCUT2D eigenvalue weighted by molar-refractivity contribution is 5.85. The average Bonchev–Trinajstić information content (AvgIpc) is 2.65. The first-order valence-electron chi connectivity index (χ1n) is 5.75. The van der Waals surface area contributed by atoms with Gasteiger partial charge >= 0.3 is 0 Å². The van der Waals surface area contributed by atoms with E-state index < -0.39 is 0 Å². The topological polar surface area (TPSA) is 61.4 Å². The molecule has 1 aliphatic carbocycles. The van der Waals surface area contributed by atoms with Gasteiger partial charge in [0.25, 0.3) is 0 Å². The maximum absolute atomic E-state index is 11.3. The predicted octanol–water partition coefficient (Wildman–Crippen LogP) is 0.687. The second-order valence-electron chi connectivity index (χ2n) is 4.49. The molecule has 5 heteroatoms. The standard InChI is InChI=1S/C11H22N2O2.ClH/c1-12-8-10(15)13-9-11(6-7-14)4-2-3-5-11;/h12,14H,2-9H2,1H3,(H,13,15);1H. The van der Waals surface area contributed by atoms with Gasteiger partial charge < -0.3 is 15.7 Å². The summed E-state index contributed by atoms with van der Waals surface area (Å²) in [5.74, 6) is 0.0433. The van der Waals surface area contributed by atoms with E-state index in [1.165, 1.54) is 12.8 Å². The predicted molar refractivity (Wildman–Crippen MR) is 66.8 cm³/mol. The van der Waals surface area contributed by atoms with Gasteiger partial charge in [-0.1, -0.05) is 12.8 Å². The highest BCUT2D eigenvalue weighted by Crippen LogP contribution is 2.40. The Morgan fingerprint density at radius 3 is 2.50 bits per heavy atom. The van der Waals surface area contributed by atoms with Gasteiger partial charge in [-0.05, 0) is 31.7 Å². The number of rotatable bonds is 6. The third-order valence-electron chi connectivity index (χ3n) is 3.30. The third-order valence-corrected chi connectivity index (χ3v) is 3.30. The lowest BCUT2D eigenvalue weighted by Crippen LogP contribution is -2.40. The number of amides is 1. The molecule has 1 saturated carbocycles. The number of carbonyl (C=O) groups excluding carboxylic acids is 1. The molecular formula is C11H23ClN2O2. The summed E-state index contributed by atoms with van der Waals surface area (Å²) in [6.45, 7) is 1.31. The van der Waals surface area contributed by atoms with Crippen molar-refractivity contribution >= 4 is 18.3 Å². The molecule has 4 nitrogen and oxygen atoms in total. The molecule has 0 unspecified atom stereocenters. The summed E-state index contributed by atoms with van der Waals surface area (Å²) in [5, 5.41) is 14.8. The molecule has 0 aliphatic heterocycles. The Labute approximate surface area is 104 Å². The molecule has 0 atom stereocenters. The van der Waals surface area contributed by atoms with Crippen molar-refractivity contribution in [2.75, 3.05) is 26.7 Å². The fraction of sp³-hybridized carbons (Fsp3) is 0.909. The summed E-state index contributed by atoms with van der Waals surface area (Å²) in [6, 6.07) is 0. The SMILES string of the molecule is CNCC(=O)NCC1(CCO)CCCC1.Cl. The Kier molecular flexibility index (Phi) is 7.72. The Morgan fingerprint density at radius 2 is 2.00 bits per heavy atom. The molecule has 1 amide bonds. The van der Waals surface area contributed by atoms with Crippen LogP contribution in [0.5, 0.6) is 0 Å². The van der Waals surface area contributed by atoms with Gasteiger partial charge in [0.1, 0.15) is 0 Å². The molecule has 16 heavy (non-hydrogen) atoms. The van der Waals surface area contributed by atoms with Crippen LogP contribution in [-0.2, 0) is 4.79 Å². The fourth-order valence-electron chi connectivity index (χ4n) is 2.39. The molecule has 0 radical (unpaired) electrons. The normalized spacial score (nSPS) is 17.9. The molecule has 1 fully saturated rings. The minimum atomic E-state index is 0. The largest absolute Gasteiger partial charge is 0.396 e. The fourth-order valence-corrected chi connectivity index (χ4v) is 2.39. The number of hydrogen-bond acceptors (Lipinski definition) is 3. The molecule has 0 aromatic rings. The summed E-state index contributed by atoms with van der Waals surface area (Å²) in [4.78, 5) is 11.3. The average molecular weight is 251 g/mol. The van der Waals surface area contributed by atoms with Gasteiger partial charge in [-0.2, -0.15) is 0 Å². The van der Waals surface area contributed by atoms with Crippen LogP contribution >= 0.6 is 12.4 Å². The van der Waals surface area contributed by atoms with Gasteiger partial charge in [-0.15, -0.1) is 12.4 Å². The molecule has 0 heterocycles. The quantitative estimate of drug-likeness (QED) is 0.650. The Morgan fingerprint density at radius 1 is 1.38 bits per heavy atom. The van der Waals surface area contributed by atoms with Crippen molar-refractivity contribution in [1.29, 1.82) is 0 Å². The number of carbonyl (C=O) groups is 1. The molecule has 1 aliphatic rings. The Bertz CT molecular complexity index is 206. The van der Waals surface area contributed by atoms with Gasteiger partial charge in [-0.25, -0.2) is 0 Å². The second-order valence-corrected chi connectivity index (χ2v) is 4.49. The van der Waals surface area contributed by atoms with Crippen molar-refractivity contribution in [3.63, 3.8) is 0 Å². The number of likely N-dealkylation sites (N-methyl/N-ethyl adjacent to an activating group) is 1. The van der Waals surface area contributed by atoms with Crippen molar-refractivity contribution in [2.24, 2.45) is 5.41 Å². The zero-order chi connectivity index (χ0) is 11.1. The minimum absolute atomic E-state index is 0. The van der Waals surface area contributed by atoms with Crippen LogP contribution in [-0.4, -0.2) is 37.8 Å². The molecule has 96 valence electrons. The van der Waals surface area contributed by atoms with Crippen LogP contribution in [0, 0.1) is 5.41 Å². The molecule has 3 N–H and O–H groups in total. The summed E-state index contributed by atoms with van der Waals surface area (Å²) < 4.78 is 0. The molecule has 1 rings (SSSR count). The Hall–Kier alpha value is -0.320. The first kappa shape index (κ1) is 15.7. The third kappa shape index (κ3) is 4.68. The van der Waals surface area contributed by atoms with Crippen LogP contribution in [0.4, 0.5) is 0 Å². The lowest BCUT2D eigenvalue weighted by molar-refractivity contribution is -0.120. The van der Waals surface area contributed by atoms with Crippen molar-refractivity contribution in [3.05, 3.63) is 0 Å². The van der Waals surface area contributed by atoms with Crippen LogP contribution < -0.4 is 10.6 Å². The second kappa shape index (κ2) is 7.87. The highest BCUT2D eigenvalue weighted by Gasteiger charge is 2.33. The Balaban J connectivity index is 0.00000225. The van der Waals surface area contributed by atoms with E-state index in [-0.39, 0.29) is 30.3 Å². The molecule has 0 aromatic carbocycles. The lowest BCUT2D eigenvalue weighted by Gasteiger charge is -2.28. The number of aliphatic hydroxyl groups is 1. The molecule has 0 spiro atoms. The van der Waals surface area contributed by atoms with Gasteiger partial charge in [-0.3, -0.25) is 4.79 Å². The maximum atomic E-state index is 11.3. The van der Waals surface area contributed by atoms with Crippen LogP contribution in [0.2, 0.25) is 0 Å². The van der Waals surface area contributed by atoms with Crippen molar-refractivity contribution < 1.29 is 9.90 Å². The van der Waals surface area contributed by atoms with Gasteiger partial charge in [0.15, 0.2) is 0 Å². The van der Waals surface area contributed by atoms with E-state index in [1.807, 2.05) is 0 Å². The lowest BCUT2D eigenvalue weighted by atomic mass is 9.83. The highest BCUT2D eigenvalue weighted by atomic mass is 35.5. The molecular weight excluding hydrogens is 228 g/mol. The summed E-state index contributed by atoms with van der Waals surface area (Å²) in [5.41, 5.74) is 0.165. The van der Waals surface area contributed by atoms with E-state index in [2.05, 4.69) is 10.6 Å². The van der Waals surface area contributed by atoms with E-state index in [1.54, 1.807) is 7.05 Å². The summed E-state index contributed by atoms with van der Waals surface area (Å²) in [7, 11) is 1.76. The van der Waals surface area contributed by atoms with Crippen molar-refractivity contribution in [3.8, 4) is 0 Å². The van der Waals surface area contributed by atoms with Crippen LogP contribution in [0.15, 0.2) is 0 Å². The number of aliphatic hydroxyl groups excluding tert-OH is 1. The van der Waals surface area contributed by atoms with E-state index >= 15 is 0 Å². The first-order chi connectivity index (χ1) is 7.22. The van der Waals surface area contributed by atoms with Crippen LogP contribution in [0.25, 0.3) is 0 Å². The first-order valence-corrected chi connectivity index (χ1v) is 5.75. The summed E-state index contributed by atoms with van der Waals surface area (Å²) >= 11 is 0. The van der Waals surface area contributed by atoms with E-state index in [9.17, 15) is 4.79 Å². The van der Waals surface area contributed by atoms with Gasteiger partial charge in [0, 0.05) is 13.2 Å². The zero-order valence-electron chi connectivity index (χ0n) is 9.92. The van der Waals surface area contributed by atoms with Crippen molar-refractivity contribution in [1.82, 2.24) is 10.6 Å². The van der Waals surface area contributed by atoms with Gasteiger partial charge in [0.05, 0.1) is 6.54 Å². The van der Waals surface area contributed by atoms with Crippen molar-refractivity contribution in [2.45, 2.75) is 32.1 Å². The minimum Gasteiger partial charge on any atom is -0.396 e. The van der Waals surface area contributed by atoms with Crippen LogP contribution in [0.1, 0.15) is 32.1 Å². The van der Waals surface area contributed by atoms with Crippen LogP contribution in [0.3, 0.4) is 0 Å².